The Morgan fingerprint density at radius 1 is 1.31 bits per heavy atom. The number of nitrogens with zero attached hydrogens (tertiary/aromatic N) is 2. The van der Waals surface area contributed by atoms with Gasteiger partial charge in [-0.1, -0.05) is 30.3 Å². The van der Waals surface area contributed by atoms with Gasteiger partial charge in [-0.15, -0.1) is 0 Å². The van der Waals surface area contributed by atoms with E-state index in [1.165, 1.54) is 5.56 Å². The van der Waals surface area contributed by atoms with Crippen LogP contribution in [0.5, 0.6) is 0 Å². The lowest BCUT2D eigenvalue weighted by atomic mass is 10.1. The number of hydrogen-bond donors (Lipinski definition) is 1. The molecule has 2 aromatic rings. The molecule has 0 spiro atoms. The van der Waals surface area contributed by atoms with Crippen molar-refractivity contribution in [2.75, 3.05) is 5.32 Å². The Labute approximate surface area is 94.7 Å². The van der Waals surface area contributed by atoms with Crippen molar-refractivity contribution >= 4 is 5.69 Å². The minimum absolute atomic E-state index is 0.567. The third-order valence-electron chi connectivity index (χ3n) is 2.40. The molecule has 0 aliphatic rings. The van der Waals surface area contributed by atoms with Gasteiger partial charge in [-0.3, -0.25) is 0 Å². The molecule has 84 valence electrons. The lowest BCUT2D eigenvalue weighted by Crippen LogP contribution is -2.02. The van der Waals surface area contributed by atoms with Crippen LogP contribution < -0.4 is 5.32 Å². The fourth-order valence-corrected chi connectivity index (χ4v) is 1.58. The van der Waals surface area contributed by atoms with Crippen LogP contribution in [0.1, 0.15) is 24.2 Å². The average molecular weight is 217 g/mol. The van der Waals surface area contributed by atoms with Gasteiger partial charge >= 0.3 is 0 Å². The molecule has 16 heavy (non-hydrogen) atoms. The summed E-state index contributed by atoms with van der Waals surface area (Å²) in [5, 5.41) is 7.04. The number of aryl methyl sites for hydroxylation is 2. The largest absolute Gasteiger partial charge is 0.376 e. The highest BCUT2D eigenvalue weighted by Gasteiger charge is 2.03. The average Bonchev–Trinajstić information content (AvgIpc) is 2.73. The summed E-state index contributed by atoms with van der Waals surface area (Å²) in [6.45, 7) is 4.52. The highest BCUT2D eigenvalue weighted by atomic mass is 16.5. The summed E-state index contributed by atoms with van der Waals surface area (Å²) >= 11 is 0. The Balaban J connectivity index is 2.04. The first-order valence-electron chi connectivity index (χ1n) is 5.40. The standard InChI is InChI=1S/C12H15N3O/c1-3-10-6-4-5-7-11(10)13-8-12-14-9(2)15-16-12/h4-7,13H,3,8H2,1-2H3. The monoisotopic (exact) mass is 217 g/mol. The van der Waals surface area contributed by atoms with Crippen molar-refractivity contribution in [2.45, 2.75) is 26.8 Å². The first kappa shape index (κ1) is 10.7. The third-order valence-corrected chi connectivity index (χ3v) is 2.40. The Morgan fingerprint density at radius 2 is 2.12 bits per heavy atom. The van der Waals surface area contributed by atoms with E-state index in [2.05, 4.69) is 34.5 Å². The topological polar surface area (TPSA) is 51.0 Å². The zero-order valence-electron chi connectivity index (χ0n) is 9.53. The molecular formula is C12H15N3O. The molecule has 1 aromatic carbocycles. The predicted molar refractivity (Wildman–Crippen MR) is 62.2 cm³/mol. The quantitative estimate of drug-likeness (QED) is 0.855. The van der Waals surface area contributed by atoms with Gasteiger partial charge in [0.15, 0.2) is 5.82 Å². The van der Waals surface area contributed by atoms with Crippen molar-refractivity contribution in [1.82, 2.24) is 10.1 Å². The molecule has 0 radical (unpaired) electrons. The van der Waals surface area contributed by atoms with Crippen molar-refractivity contribution in [1.29, 1.82) is 0 Å². The van der Waals surface area contributed by atoms with Gasteiger partial charge in [0.25, 0.3) is 0 Å². The first-order chi connectivity index (χ1) is 7.79. The van der Waals surface area contributed by atoms with Crippen LogP contribution in [0.3, 0.4) is 0 Å². The number of rotatable bonds is 4. The van der Waals surface area contributed by atoms with Crippen molar-refractivity contribution in [3.63, 3.8) is 0 Å². The van der Waals surface area contributed by atoms with E-state index >= 15 is 0 Å². The van der Waals surface area contributed by atoms with Gasteiger partial charge in [-0.05, 0) is 25.0 Å². The number of hydrogen-bond acceptors (Lipinski definition) is 4. The van der Waals surface area contributed by atoms with Gasteiger partial charge in [0.2, 0.25) is 5.89 Å². The second kappa shape index (κ2) is 4.79. The zero-order chi connectivity index (χ0) is 11.4. The highest BCUT2D eigenvalue weighted by molar-refractivity contribution is 5.50. The SMILES string of the molecule is CCc1ccccc1NCc1nc(C)no1. The summed E-state index contributed by atoms with van der Waals surface area (Å²) in [7, 11) is 0. The molecule has 0 unspecified atom stereocenters. The van der Waals surface area contributed by atoms with Crippen molar-refractivity contribution in [3.05, 3.63) is 41.5 Å². The maximum Gasteiger partial charge on any atom is 0.245 e. The van der Waals surface area contributed by atoms with E-state index in [1.807, 2.05) is 19.1 Å². The predicted octanol–water partition coefficient (Wildman–Crippen LogP) is 2.55. The fraction of sp³-hybridized carbons (Fsp3) is 0.333. The summed E-state index contributed by atoms with van der Waals surface area (Å²) in [4.78, 5) is 4.14. The van der Waals surface area contributed by atoms with Crippen molar-refractivity contribution in [3.8, 4) is 0 Å². The molecule has 1 heterocycles. The van der Waals surface area contributed by atoms with E-state index in [4.69, 9.17) is 4.52 Å². The molecule has 0 bridgehead atoms. The molecule has 1 aromatic heterocycles. The lowest BCUT2D eigenvalue weighted by molar-refractivity contribution is 0.379. The third kappa shape index (κ3) is 2.39. The summed E-state index contributed by atoms with van der Waals surface area (Å²) < 4.78 is 5.04. The molecule has 0 saturated heterocycles. The van der Waals surface area contributed by atoms with E-state index in [9.17, 15) is 0 Å². The maximum atomic E-state index is 5.04. The maximum absolute atomic E-state index is 5.04. The molecule has 4 heteroatoms. The molecule has 0 aliphatic carbocycles. The van der Waals surface area contributed by atoms with Crippen LogP contribution in [0, 0.1) is 6.92 Å². The van der Waals surface area contributed by atoms with Crippen LogP contribution in [0.25, 0.3) is 0 Å². The van der Waals surface area contributed by atoms with E-state index < -0.39 is 0 Å². The molecule has 0 fully saturated rings. The number of para-hydroxylation sites is 1. The van der Waals surface area contributed by atoms with Crippen LogP contribution >= 0.6 is 0 Å². The van der Waals surface area contributed by atoms with E-state index in [0.717, 1.165) is 12.1 Å². The van der Waals surface area contributed by atoms with E-state index in [1.54, 1.807) is 0 Å². The molecule has 4 nitrogen and oxygen atoms in total. The van der Waals surface area contributed by atoms with Gasteiger partial charge in [0.1, 0.15) is 0 Å². The molecule has 0 aliphatic heterocycles. The van der Waals surface area contributed by atoms with Crippen LogP contribution in [0.15, 0.2) is 28.8 Å². The second-order valence-corrected chi connectivity index (χ2v) is 3.60. The fourth-order valence-electron chi connectivity index (χ4n) is 1.58. The summed E-state index contributed by atoms with van der Waals surface area (Å²) in [5.74, 6) is 1.28. The Hall–Kier alpha value is -1.84. The van der Waals surface area contributed by atoms with Crippen LogP contribution in [-0.2, 0) is 13.0 Å². The van der Waals surface area contributed by atoms with E-state index in [-0.39, 0.29) is 0 Å². The molecular weight excluding hydrogens is 202 g/mol. The van der Waals surface area contributed by atoms with Crippen LogP contribution in [0.2, 0.25) is 0 Å². The molecule has 2 rings (SSSR count). The molecule has 1 N–H and O–H groups in total. The highest BCUT2D eigenvalue weighted by Crippen LogP contribution is 2.16. The summed E-state index contributed by atoms with van der Waals surface area (Å²) in [6, 6.07) is 8.23. The van der Waals surface area contributed by atoms with Crippen molar-refractivity contribution in [2.24, 2.45) is 0 Å². The van der Waals surface area contributed by atoms with Gasteiger partial charge < -0.3 is 9.84 Å². The van der Waals surface area contributed by atoms with Crippen LogP contribution in [0.4, 0.5) is 5.69 Å². The number of anilines is 1. The van der Waals surface area contributed by atoms with Gasteiger partial charge in [-0.25, -0.2) is 0 Å². The smallest absolute Gasteiger partial charge is 0.245 e. The summed E-state index contributed by atoms with van der Waals surface area (Å²) in [5.41, 5.74) is 2.42. The van der Waals surface area contributed by atoms with Crippen molar-refractivity contribution < 1.29 is 4.52 Å². The lowest BCUT2D eigenvalue weighted by Gasteiger charge is -2.08. The normalized spacial score (nSPS) is 10.4. The second-order valence-electron chi connectivity index (χ2n) is 3.60. The van der Waals surface area contributed by atoms with Gasteiger partial charge in [0.05, 0.1) is 6.54 Å². The minimum Gasteiger partial charge on any atom is -0.376 e. The Kier molecular flexibility index (Phi) is 3.19. The molecule has 0 saturated carbocycles. The minimum atomic E-state index is 0.567. The number of nitrogens with one attached hydrogen (secondary N) is 1. The molecule has 0 atom stereocenters. The van der Waals surface area contributed by atoms with E-state index in [0.29, 0.717) is 18.3 Å². The number of benzene rings is 1. The Morgan fingerprint density at radius 3 is 2.81 bits per heavy atom. The van der Waals surface area contributed by atoms with Crippen LogP contribution in [-0.4, -0.2) is 10.1 Å². The number of aromatic nitrogens is 2. The summed E-state index contributed by atoms with van der Waals surface area (Å²) in [6.07, 6.45) is 1.01. The zero-order valence-corrected chi connectivity index (χ0v) is 9.53. The Bertz CT molecular complexity index is 465. The first-order valence-corrected chi connectivity index (χ1v) is 5.40. The molecule has 0 amide bonds. The van der Waals surface area contributed by atoms with Gasteiger partial charge in [-0.2, -0.15) is 4.98 Å². The van der Waals surface area contributed by atoms with Gasteiger partial charge in [0, 0.05) is 5.69 Å².